The molecule has 26 heavy (non-hydrogen) atoms. The number of nitrogens with one attached hydrogen (secondary N) is 1. The quantitative estimate of drug-likeness (QED) is 0.712. The summed E-state index contributed by atoms with van der Waals surface area (Å²) < 4.78 is 38.3. The molecule has 3 aromatic rings. The van der Waals surface area contributed by atoms with Crippen LogP contribution in [0.1, 0.15) is 22.6 Å². The summed E-state index contributed by atoms with van der Waals surface area (Å²) in [5, 5.41) is 3.87. The van der Waals surface area contributed by atoms with Gasteiger partial charge in [0.05, 0.1) is 28.0 Å². The number of hydrogen-bond acceptors (Lipinski definition) is 6. The average molecular weight is 373 g/mol. The maximum Gasteiger partial charge on any atom is 0.261 e. The Balaban J connectivity index is 1.71. The van der Waals surface area contributed by atoms with Crippen molar-refractivity contribution in [1.29, 1.82) is 0 Å². The molecule has 0 fully saturated rings. The van der Waals surface area contributed by atoms with Crippen molar-refractivity contribution in [1.82, 2.24) is 10.1 Å². The van der Waals surface area contributed by atoms with Crippen LogP contribution in [-0.2, 0) is 16.6 Å². The van der Waals surface area contributed by atoms with Crippen molar-refractivity contribution >= 4 is 15.7 Å². The smallest absolute Gasteiger partial charge is 0.261 e. The molecule has 0 unspecified atom stereocenters. The summed E-state index contributed by atoms with van der Waals surface area (Å²) >= 11 is 0. The average Bonchev–Trinajstić information content (AvgIpc) is 2.93. The number of benzene rings is 1. The fourth-order valence-corrected chi connectivity index (χ4v) is 3.47. The molecule has 0 radical (unpaired) electrons. The molecule has 0 saturated carbocycles. The Morgan fingerprint density at radius 1 is 1.12 bits per heavy atom. The van der Waals surface area contributed by atoms with Gasteiger partial charge in [-0.1, -0.05) is 5.16 Å². The molecule has 0 amide bonds. The van der Waals surface area contributed by atoms with Gasteiger partial charge in [-0.25, -0.2) is 8.42 Å². The summed E-state index contributed by atoms with van der Waals surface area (Å²) in [4.78, 5) is 4.08. The van der Waals surface area contributed by atoms with Crippen molar-refractivity contribution in [2.24, 2.45) is 0 Å². The van der Waals surface area contributed by atoms with Gasteiger partial charge in [-0.2, -0.15) is 0 Å². The predicted molar refractivity (Wildman–Crippen MR) is 96.5 cm³/mol. The summed E-state index contributed by atoms with van der Waals surface area (Å²) in [6, 6.07) is 7.96. The van der Waals surface area contributed by atoms with Gasteiger partial charge in [0.2, 0.25) is 0 Å². The minimum absolute atomic E-state index is 0.144. The normalized spacial score (nSPS) is 11.3. The summed E-state index contributed by atoms with van der Waals surface area (Å²) in [6.45, 7) is 5.78. The zero-order chi connectivity index (χ0) is 18.7. The van der Waals surface area contributed by atoms with Crippen molar-refractivity contribution in [3.8, 4) is 5.75 Å². The van der Waals surface area contributed by atoms with Crippen LogP contribution in [0.4, 0.5) is 5.69 Å². The van der Waals surface area contributed by atoms with E-state index in [-0.39, 0.29) is 4.90 Å². The van der Waals surface area contributed by atoms with Crippen LogP contribution in [0, 0.1) is 20.8 Å². The van der Waals surface area contributed by atoms with Gasteiger partial charge in [-0.15, -0.1) is 0 Å². The van der Waals surface area contributed by atoms with E-state index in [0.717, 1.165) is 16.8 Å². The Bertz CT molecular complexity index is 992. The van der Waals surface area contributed by atoms with Crippen LogP contribution < -0.4 is 9.46 Å². The van der Waals surface area contributed by atoms with Crippen LogP contribution in [0.2, 0.25) is 0 Å². The van der Waals surface area contributed by atoms with Crippen molar-refractivity contribution < 1.29 is 17.7 Å². The van der Waals surface area contributed by atoms with Crippen molar-refractivity contribution in [3.05, 3.63) is 65.3 Å². The zero-order valence-corrected chi connectivity index (χ0v) is 15.5. The number of sulfonamides is 1. The number of aryl methyl sites for hydroxylation is 3. The SMILES string of the molecule is Cc1ccncc1NS(=O)(=O)c1ccc(OCc2c(C)noc2C)cc1. The lowest BCUT2D eigenvalue weighted by Crippen LogP contribution is -2.13. The van der Waals surface area contributed by atoms with E-state index in [1.165, 1.54) is 18.3 Å². The molecule has 0 atom stereocenters. The molecule has 1 aromatic carbocycles. The minimum Gasteiger partial charge on any atom is -0.489 e. The topological polar surface area (TPSA) is 94.3 Å². The Morgan fingerprint density at radius 2 is 1.85 bits per heavy atom. The summed E-state index contributed by atoms with van der Waals surface area (Å²) in [7, 11) is -3.69. The van der Waals surface area contributed by atoms with E-state index < -0.39 is 10.0 Å². The monoisotopic (exact) mass is 373 g/mol. The minimum atomic E-state index is -3.69. The number of pyridine rings is 1. The molecule has 8 heteroatoms. The lowest BCUT2D eigenvalue weighted by atomic mass is 10.2. The predicted octanol–water partition coefficient (Wildman–Crippen LogP) is 3.37. The molecule has 0 aliphatic rings. The fraction of sp³-hybridized carbons (Fsp3) is 0.222. The number of rotatable bonds is 6. The van der Waals surface area contributed by atoms with E-state index in [4.69, 9.17) is 9.26 Å². The van der Waals surface area contributed by atoms with Gasteiger partial charge in [0.25, 0.3) is 10.0 Å². The number of anilines is 1. The third-order valence-electron chi connectivity index (χ3n) is 3.98. The van der Waals surface area contributed by atoms with Gasteiger partial charge in [-0.05, 0) is 56.7 Å². The highest BCUT2D eigenvalue weighted by atomic mass is 32.2. The maximum absolute atomic E-state index is 12.5. The van der Waals surface area contributed by atoms with Crippen LogP contribution in [0.5, 0.6) is 5.75 Å². The van der Waals surface area contributed by atoms with E-state index in [0.29, 0.717) is 23.8 Å². The Kier molecular flexibility index (Phi) is 4.94. The molecule has 2 heterocycles. The second-order valence-electron chi connectivity index (χ2n) is 5.86. The first kappa shape index (κ1) is 17.9. The lowest BCUT2D eigenvalue weighted by Gasteiger charge is -2.11. The van der Waals surface area contributed by atoms with Gasteiger partial charge >= 0.3 is 0 Å². The summed E-state index contributed by atoms with van der Waals surface area (Å²) in [5.74, 6) is 1.26. The van der Waals surface area contributed by atoms with E-state index in [9.17, 15) is 8.42 Å². The molecule has 7 nitrogen and oxygen atoms in total. The summed E-state index contributed by atoms with van der Waals surface area (Å²) in [5.41, 5.74) is 2.90. The number of ether oxygens (including phenoxy) is 1. The highest BCUT2D eigenvalue weighted by Crippen LogP contribution is 2.22. The van der Waals surface area contributed by atoms with E-state index in [1.807, 2.05) is 20.8 Å². The molecule has 0 spiro atoms. The third-order valence-corrected chi connectivity index (χ3v) is 5.36. The van der Waals surface area contributed by atoms with E-state index in [2.05, 4.69) is 14.9 Å². The van der Waals surface area contributed by atoms with Gasteiger partial charge in [0.15, 0.2) is 0 Å². The maximum atomic E-state index is 12.5. The summed E-state index contributed by atoms with van der Waals surface area (Å²) in [6.07, 6.45) is 3.09. The fourth-order valence-electron chi connectivity index (χ4n) is 2.35. The van der Waals surface area contributed by atoms with Gasteiger partial charge in [-0.3, -0.25) is 9.71 Å². The van der Waals surface area contributed by atoms with Crippen LogP contribution in [0.15, 0.2) is 52.1 Å². The molecular weight excluding hydrogens is 354 g/mol. The van der Waals surface area contributed by atoms with Crippen molar-refractivity contribution in [2.75, 3.05) is 4.72 Å². The van der Waals surface area contributed by atoms with Crippen LogP contribution in [-0.4, -0.2) is 18.6 Å². The second kappa shape index (κ2) is 7.17. The number of aromatic nitrogens is 2. The van der Waals surface area contributed by atoms with Crippen LogP contribution in [0.3, 0.4) is 0 Å². The first-order valence-corrected chi connectivity index (χ1v) is 9.43. The molecule has 1 N–H and O–H groups in total. The highest BCUT2D eigenvalue weighted by Gasteiger charge is 2.16. The standard InChI is InChI=1S/C18H19N3O4S/c1-12-8-9-19-10-18(12)21-26(22,23)16-6-4-15(5-7-16)24-11-17-13(2)20-25-14(17)3/h4-10,21H,11H2,1-3H3. The van der Waals surface area contributed by atoms with Crippen molar-refractivity contribution in [3.63, 3.8) is 0 Å². The molecule has 3 rings (SSSR count). The van der Waals surface area contributed by atoms with Gasteiger partial charge in [0.1, 0.15) is 18.1 Å². The lowest BCUT2D eigenvalue weighted by molar-refractivity contribution is 0.301. The first-order valence-electron chi connectivity index (χ1n) is 7.95. The third kappa shape index (κ3) is 3.85. The van der Waals surface area contributed by atoms with Crippen LogP contribution >= 0.6 is 0 Å². The molecule has 2 aromatic heterocycles. The number of nitrogens with zero attached hydrogens (tertiary/aromatic N) is 2. The molecule has 136 valence electrons. The largest absolute Gasteiger partial charge is 0.489 e. The van der Waals surface area contributed by atoms with E-state index in [1.54, 1.807) is 24.4 Å². The molecule has 0 aliphatic heterocycles. The second-order valence-corrected chi connectivity index (χ2v) is 7.54. The first-order chi connectivity index (χ1) is 12.4. The Morgan fingerprint density at radius 3 is 2.46 bits per heavy atom. The Hall–Kier alpha value is -2.87. The Labute approximate surface area is 152 Å². The zero-order valence-electron chi connectivity index (χ0n) is 14.7. The molecule has 0 saturated heterocycles. The van der Waals surface area contributed by atoms with Gasteiger partial charge in [0, 0.05) is 6.20 Å². The molecule has 0 bridgehead atoms. The van der Waals surface area contributed by atoms with E-state index >= 15 is 0 Å². The molecule has 0 aliphatic carbocycles. The highest BCUT2D eigenvalue weighted by molar-refractivity contribution is 7.92. The molecular formula is C18H19N3O4S. The van der Waals surface area contributed by atoms with Gasteiger partial charge < -0.3 is 9.26 Å². The number of hydrogen-bond donors (Lipinski definition) is 1. The van der Waals surface area contributed by atoms with Crippen LogP contribution in [0.25, 0.3) is 0 Å². The van der Waals surface area contributed by atoms with Crippen molar-refractivity contribution in [2.45, 2.75) is 32.3 Å².